The molecule has 0 aliphatic heterocycles. The van der Waals surface area contributed by atoms with Crippen LogP contribution in [0.5, 0.6) is 0 Å². The molecule has 136 valence electrons. The Kier molecular flexibility index (Phi) is 8.46. The van der Waals surface area contributed by atoms with Gasteiger partial charge in [-0.3, -0.25) is 10.8 Å². The summed E-state index contributed by atoms with van der Waals surface area (Å²) in [6.45, 7) is 7.30. The predicted octanol–water partition coefficient (Wildman–Crippen LogP) is 2.39. The number of hydrogen-bond acceptors (Lipinski definition) is 5. The van der Waals surface area contributed by atoms with Gasteiger partial charge >= 0.3 is 0 Å². The van der Waals surface area contributed by atoms with Crippen molar-refractivity contribution in [1.82, 2.24) is 9.55 Å². The molecule has 7 nitrogen and oxygen atoms in total. The zero-order valence-electron chi connectivity index (χ0n) is 15.2. The van der Waals surface area contributed by atoms with Gasteiger partial charge in [0.25, 0.3) is 0 Å². The van der Waals surface area contributed by atoms with E-state index in [0.717, 1.165) is 50.9 Å². The molecule has 0 spiro atoms. The van der Waals surface area contributed by atoms with Gasteiger partial charge in [-0.05, 0) is 39.7 Å². The van der Waals surface area contributed by atoms with Gasteiger partial charge in [0.2, 0.25) is 5.90 Å². The summed E-state index contributed by atoms with van der Waals surface area (Å²) in [4.78, 5) is 4.54. The Morgan fingerprint density at radius 3 is 2.46 bits per heavy atom. The first-order chi connectivity index (χ1) is 11.4. The third-order valence-corrected chi connectivity index (χ3v) is 3.71. The van der Waals surface area contributed by atoms with Gasteiger partial charge in [-0.15, -0.1) is 0 Å². The van der Waals surface area contributed by atoms with Crippen LogP contribution in [0.25, 0.3) is 0 Å². The summed E-state index contributed by atoms with van der Waals surface area (Å²) in [6.07, 6.45) is 5.72. The molecular weight excluding hydrogens is 304 g/mol. The number of nitrogen functional groups attached to an aromatic ring is 1. The lowest BCUT2D eigenvalue weighted by molar-refractivity contribution is 0.225. The molecule has 0 aliphatic rings. The molecule has 7 heteroatoms. The van der Waals surface area contributed by atoms with Crippen LogP contribution in [0.15, 0.2) is 0 Å². The number of nitrogens with zero attached hydrogens (tertiary/aromatic N) is 2. The topological polar surface area (TPSA) is 127 Å². The zero-order valence-corrected chi connectivity index (χ0v) is 15.2. The van der Waals surface area contributed by atoms with E-state index in [1.807, 2.05) is 18.4 Å². The highest BCUT2D eigenvalue weighted by Gasteiger charge is 2.23. The maximum absolute atomic E-state index is 8.29. The van der Waals surface area contributed by atoms with Gasteiger partial charge in [-0.1, -0.05) is 19.8 Å². The minimum absolute atomic E-state index is 0.0317. The molecule has 0 aromatic carbocycles. The van der Waals surface area contributed by atoms with Crippen LogP contribution < -0.4 is 11.5 Å². The highest BCUT2D eigenvalue weighted by atomic mass is 16.5. The van der Waals surface area contributed by atoms with E-state index in [1.165, 1.54) is 0 Å². The molecule has 0 fully saturated rings. The second kappa shape index (κ2) is 10.1. The number of imidazole rings is 1. The van der Waals surface area contributed by atoms with Gasteiger partial charge in [-0.25, -0.2) is 4.98 Å². The van der Waals surface area contributed by atoms with Gasteiger partial charge in [0.1, 0.15) is 23.0 Å². The van der Waals surface area contributed by atoms with Gasteiger partial charge < -0.3 is 20.8 Å². The highest BCUT2D eigenvalue weighted by molar-refractivity contribution is 6.04. The maximum atomic E-state index is 8.29. The number of nitrogens with one attached hydrogen (secondary N) is 2. The number of aromatic nitrogens is 2. The average molecular weight is 336 g/mol. The standard InChI is InChI=1S/C17H32N6O/c1-4-5-9-13-22-14(16(19)20)15(17(21)24-12(2)3)23(13)11-8-6-7-10-18/h12,21H,4-11,18H2,1-3H3,(H3,19,20). The molecule has 0 aliphatic carbocycles. The summed E-state index contributed by atoms with van der Waals surface area (Å²) in [6, 6.07) is 0. The molecule has 0 saturated heterocycles. The zero-order chi connectivity index (χ0) is 18.1. The van der Waals surface area contributed by atoms with Crippen molar-refractivity contribution in [2.45, 2.75) is 71.9 Å². The molecule has 1 aromatic rings. The second-order valence-electron chi connectivity index (χ2n) is 6.24. The van der Waals surface area contributed by atoms with Crippen LogP contribution >= 0.6 is 0 Å². The Labute approximate surface area is 144 Å². The fraction of sp³-hybridized carbons (Fsp3) is 0.706. The van der Waals surface area contributed by atoms with Crippen LogP contribution in [0.2, 0.25) is 0 Å². The number of unbranched alkanes of at least 4 members (excludes halogenated alkanes) is 3. The Morgan fingerprint density at radius 1 is 1.21 bits per heavy atom. The minimum Gasteiger partial charge on any atom is -0.474 e. The first kappa shape index (κ1) is 20.2. The van der Waals surface area contributed by atoms with Crippen molar-refractivity contribution in [3.8, 4) is 0 Å². The fourth-order valence-electron chi connectivity index (χ4n) is 2.57. The summed E-state index contributed by atoms with van der Waals surface area (Å²) < 4.78 is 7.57. The van der Waals surface area contributed by atoms with E-state index in [9.17, 15) is 0 Å². The van der Waals surface area contributed by atoms with Crippen LogP contribution in [0.1, 0.15) is 70.1 Å². The third kappa shape index (κ3) is 5.63. The third-order valence-electron chi connectivity index (χ3n) is 3.71. The number of nitrogens with two attached hydrogens (primary N) is 2. The van der Waals surface area contributed by atoms with E-state index in [-0.39, 0.29) is 17.8 Å². The SMILES string of the molecule is CCCCc1nc(C(=N)N)c(C(=N)OC(C)C)n1CCCCCN. The molecule has 0 bridgehead atoms. The quantitative estimate of drug-likeness (QED) is 0.281. The van der Waals surface area contributed by atoms with Crippen molar-refractivity contribution in [2.24, 2.45) is 11.5 Å². The lowest BCUT2D eigenvalue weighted by Gasteiger charge is -2.15. The Hall–Kier alpha value is -1.89. The van der Waals surface area contributed by atoms with E-state index in [2.05, 4.69) is 11.9 Å². The van der Waals surface area contributed by atoms with Gasteiger partial charge in [-0.2, -0.15) is 0 Å². The molecule has 0 radical (unpaired) electrons. The number of hydrogen-bond donors (Lipinski definition) is 4. The van der Waals surface area contributed by atoms with Crippen molar-refractivity contribution in [3.05, 3.63) is 17.2 Å². The van der Waals surface area contributed by atoms with E-state index in [0.29, 0.717) is 17.9 Å². The smallest absolute Gasteiger partial charge is 0.233 e. The molecule has 24 heavy (non-hydrogen) atoms. The van der Waals surface area contributed by atoms with E-state index >= 15 is 0 Å². The summed E-state index contributed by atoms with van der Waals surface area (Å²) in [5, 5.41) is 16.1. The first-order valence-corrected chi connectivity index (χ1v) is 8.81. The monoisotopic (exact) mass is 336 g/mol. The van der Waals surface area contributed by atoms with Crippen LogP contribution in [-0.2, 0) is 17.7 Å². The largest absolute Gasteiger partial charge is 0.474 e. The molecule has 6 N–H and O–H groups in total. The summed E-state index contributed by atoms with van der Waals surface area (Å²) in [7, 11) is 0. The Morgan fingerprint density at radius 2 is 1.92 bits per heavy atom. The lowest BCUT2D eigenvalue weighted by Crippen LogP contribution is -2.22. The average Bonchev–Trinajstić information content (AvgIpc) is 2.87. The summed E-state index contributed by atoms with van der Waals surface area (Å²) in [5.41, 5.74) is 12.1. The predicted molar refractivity (Wildman–Crippen MR) is 97.8 cm³/mol. The number of aryl methyl sites for hydroxylation is 1. The van der Waals surface area contributed by atoms with Crippen molar-refractivity contribution in [2.75, 3.05) is 6.54 Å². The summed E-state index contributed by atoms with van der Waals surface area (Å²) in [5.74, 6) is 0.784. The number of rotatable bonds is 11. The van der Waals surface area contributed by atoms with Crippen LogP contribution in [0.3, 0.4) is 0 Å². The van der Waals surface area contributed by atoms with Crippen LogP contribution in [0, 0.1) is 10.8 Å². The lowest BCUT2D eigenvalue weighted by atomic mass is 10.2. The first-order valence-electron chi connectivity index (χ1n) is 8.81. The Bertz CT molecular complexity index is 550. The number of amidine groups is 1. The molecule has 0 saturated carbocycles. The molecule has 0 unspecified atom stereocenters. The molecule has 1 aromatic heterocycles. The summed E-state index contributed by atoms with van der Waals surface area (Å²) >= 11 is 0. The van der Waals surface area contributed by atoms with E-state index in [1.54, 1.807) is 0 Å². The van der Waals surface area contributed by atoms with Crippen molar-refractivity contribution < 1.29 is 4.74 Å². The highest BCUT2D eigenvalue weighted by Crippen LogP contribution is 2.18. The molecule has 1 heterocycles. The molecule has 0 atom stereocenters. The van der Waals surface area contributed by atoms with Crippen molar-refractivity contribution in [3.63, 3.8) is 0 Å². The molecule has 1 rings (SSSR count). The fourth-order valence-corrected chi connectivity index (χ4v) is 2.57. The van der Waals surface area contributed by atoms with Crippen molar-refractivity contribution in [1.29, 1.82) is 10.8 Å². The van der Waals surface area contributed by atoms with Crippen molar-refractivity contribution >= 4 is 11.7 Å². The Balaban J connectivity index is 3.18. The normalized spacial score (nSPS) is 11.0. The number of ether oxygens (including phenoxy) is 1. The maximum Gasteiger partial charge on any atom is 0.233 e. The van der Waals surface area contributed by atoms with Gasteiger partial charge in [0, 0.05) is 13.0 Å². The van der Waals surface area contributed by atoms with Crippen LogP contribution in [0.4, 0.5) is 0 Å². The van der Waals surface area contributed by atoms with E-state index < -0.39 is 0 Å². The van der Waals surface area contributed by atoms with Gasteiger partial charge in [0.15, 0.2) is 0 Å². The van der Waals surface area contributed by atoms with E-state index in [4.69, 9.17) is 27.0 Å². The minimum atomic E-state index is -0.124. The second-order valence-corrected chi connectivity index (χ2v) is 6.24. The molecular formula is C17H32N6O. The van der Waals surface area contributed by atoms with Gasteiger partial charge in [0.05, 0.1) is 6.10 Å². The molecule has 0 amide bonds. The van der Waals surface area contributed by atoms with Crippen LogP contribution in [-0.4, -0.2) is 33.9 Å².